The van der Waals surface area contributed by atoms with Crippen molar-refractivity contribution in [3.8, 4) is 0 Å². The second-order valence-corrected chi connectivity index (χ2v) is 6.73. The lowest BCUT2D eigenvalue weighted by atomic mass is 9.77. The Kier molecular flexibility index (Phi) is 3.02. The molecule has 0 fully saturated rings. The molecule has 0 unspecified atom stereocenters. The zero-order chi connectivity index (χ0) is 13.5. The van der Waals surface area contributed by atoms with Crippen LogP contribution in [0.15, 0.2) is 54.9 Å². The van der Waals surface area contributed by atoms with Crippen LogP contribution in [0.5, 0.6) is 0 Å². The van der Waals surface area contributed by atoms with Gasteiger partial charge in [0.1, 0.15) is 0 Å². The number of nitrogens with zero attached hydrogens (tertiary/aromatic N) is 1. The summed E-state index contributed by atoms with van der Waals surface area (Å²) in [7, 11) is 0. The molecule has 0 spiro atoms. The van der Waals surface area contributed by atoms with Gasteiger partial charge in [0.15, 0.2) is 0 Å². The number of rotatable bonds is 1. The van der Waals surface area contributed by atoms with E-state index in [-0.39, 0.29) is 0 Å². The summed E-state index contributed by atoms with van der Waals surface area (Å²) in [5, 5.41) is 3.74. The van der Waals surface area contributed by atoms with Crippen LogP contribution in [0.4, 0.5) is 5.69 Å². The number of hydrogen-bond donors (Lipinski definition) is 1. The highest BCUT2D eigenvalue weighted by Gasteiger charge is 2.37. The van der Waals surface area contributed by atoms with Crippen LogP contribution < -0.4 is 5.32 Å². The molecule has 2 aromatic rings. The van der Waals surface area contributed by atoms with E-state index < -0.39 is 0 Å². The lowest BCUT2D eigenvalue weighted by Crippen LogP contribution is -2.29. The van der Waals surface area contributed by atoms with Crippen LogP contribution in [0.1, 0.15) is 29.5 Å². The summed E-state index contributed by atoms with van der Waals surface area (Å²) >= 11 is 2.40. The molecule has 2 heterocycles. The van der Waals surface area contributed by atoms with Gasteiger partial charge in [0.25, 0.3) is 0 Å². The Morgan fingerprint density at radius 2 is 2.00 bits per heavy atom. The predicted molar refractivity (Wildman–Crippen MR) is 89.7 cm³/mol. The number of anilines is 1. The van der Waals surface area contributed by atoms with Crippen molar-refractivity contribution in [3.05, 3.63) is 69.6 Å². The van der Waals surface area contributed by atoms with Crippen molar-refractivity contribution in [2.24, 2.45) is 5.92 Å². The molecule has 0 saturated carbocycles. The van der Waals surface area contributed by atoms with E-state index in [9.17, 15) is 0 Å². The molecule has 0 saturated heterocycles. The number of aromatic nitrogens is 1. The third-order valence-corrected chi connectivity index (χ3v) is 5.06. The standard InChI is InChI=1S/C17H15IN2/c18-12-4-5-16-15(10-12)13-2-1-3-14(13)17(20-16)11-6-8-19-9-7-11/h1-2,4-10,13-14,17,20H,3H2/t13-,14-,17+/m0/s1. The fourth-order valence-corrected chi connectivity index (χ4v) is 3.98. The molecule has 1 N–H and O–H groups in total. The first kappa shape index (κ1) is 12.4. The number of halogens is 1. The molecule has 4 rings (SSSR count). The predicted octanol–water partition coefficient (Wildman–Crippen LogP) is 4.51. The van der Waals surface area contributed by atoms with Gasteiger partial charge in [-0.3, -0.25) is 4.98 Å². The summed E-state index contributed by atoms with van der Waals surface area (Å²) in [6.45, 7) is 0. The lowest BCUT2D eigenvalue weighted by molar-refractivity contribution is 0.425. The van der Waals surface area contributed by atoms with E-state index in [1.807, 2.05) is 12.4 Å². The summed E-state index contributed by atoms with van der Waals surface area (Å²) in [5.74, 6) is 1.15. The van der Waals surface area contributed by atoms with Gasteiger partial charge in [0.05, 0.1) is 6.04 Å². The van der Waals surface area contributed by atoms with Crippen LogP contribution in [-0.2, 0) is 0 Å². The normalized spacial score (nSPS) is 26.8. The lowest BCUT2D eigenvalue weighted by Gasteiger charge is -2.37. The van der Waals surface area contributed by atoms with Gasteiger partial charge in [-0.25, -0.2) is 0 Å². The number of pyridine rings is 1. The van der Waals surface area contributed by atoms with Crippen LogP contribution in [0.2, 0.25) is 0 Å². The molecule has 3 heteroatoms. The molecule has 1 aromatic heterocycles. The Morgan fingerprint density at radius 3 is 2.85 bits per heavy atom. The fraction of sp³-hybridized carbons (Fsp3) is 0.235. The Morgan fingerprint density at radius 1 is 1.15 bits per heavy atom. The number of benzene rings is 1. The van der Waals surface area contributed by atoms with Crippen LogP contribution in [0.25, 0.3) is 0 Å². The summed E-state index contributed by atoms with van der Waals surface area (Å²) in [5.41, 5.74) is 4.06. The maximum absolute atomic E-state index is 4.14. The largest absolute Gasteiger partial charge is 0.378 e. The molecule has 1 aliphatic carbocycles. The van der Waals surface area contributed by atoms with Crippen molar-refractivity contribution in [2.45, 2.75) is 18.4 Å². The summed E-state index contributed by atoms with van der Waals surface area (Å²) in [6.07, 6.45) is 9.64. The van der Waals surface area contributed by atoms with Gasteiger partial charge >= 0.3 is 0 Å². The molecule has 0 radical (unpaired) electrons. The summed E-state index contributed by atoms with van der Waals surface area (Å²) < 4.78 is 1.31. The van der Waals surface area contributed by atoms with Gasteiger partial charge in [-0.2, -0.15) is 0 Å². The quantitative estimate of drug-likeness (QED) is 0.587. The highest BCUT2D eigenvalue weighted by atomic mass is 127. The van der Waals surface area contributed by atoms with E-state index in [1.165, 1.54) is 20.4 Å². The SMILES string of the molecule is Ic1ccc2c(c1)[C@H]1C=CC[C@@H]1[C@@H](c1ccncc1)N2. The van der Waals surface area contributed by atoms with Gasteiger partial charge in [0, 0.05) is 27.6 Å². The summed E-state index contributed by atoms with van der Waals surface area (Å²) in [4.78, 5) is 4.14. The van der Waals surface area contributed by atoms with Crippen molar-refractivity contribution in [2.75, 3.05) is 5.32 Å². The molecule has 3 atom stereocenters. The van der Waals surface area contributed by atoms with Crippen LogP contribution in [0.3, 0.4) is 0 Å². The number of fused-ring (bicyclic) bond motifs is 3. The third kappa shape index (κ3) is 1.95. The smallest absolute Gasteiger partial charge is 0.0555 e. The number of allylic oxidation sites excluding steroid dienone is 2. The van der Waals surface area contributed by atoms with Gasteiger partial charge in [-0.05, 0) is 76.4 Å². The first-order valence-corrected chi connectivity index (χ1v) is 8.03. The molecule has 1 aliphatic heterocycles. The molecule has 20 heavy (non-hydrogen) atoms. The number of nitrogens with one attached hydrogen (secondary N) is 1. The van der Waals surface area contributed by atoms with E-state index in [0.29, 0.717) is 17.9 Å². The average molecular weight is 374 g/mol. The van der Waals surface area contributed by atoms with E-state index in [2.05, 4.69) is 75.4 Å². The third-order valence-electron chi connectivity index (χ3n) is 4.39. The van der Waals surface area contributed by atoms with Gasteiger partial charge in [-0.15, -0.1) is 0 Å². The minimum absolute atomic E-state index is 0.380. The number of hydrogen-bond acceptors (Lipinski definition) is 2. The van der Waals surface area contributed by atoms with Gasteiger partial charge in [-0.1, -0.05) is 12.2 Å². The van der Waals surface area contributed by atoms with Crippen molar-refractivity contribution < 1.29 is 0 Å². The molecule has 0 bridgehead atoms. The molecular formula is C17H15IN2. The van der Waals surface area contributed by atoms with E-state index in [4.69, 9.17) is 0 Å². The molecule has 2 aliphatic rings. The zero-order valence-corrected chi connectivity index (χ0v) is 13.1. The molecule has 100 valence electrons. The highest BCUT2D eigenvalue weighted by molar-refractivity contribution is 14.1. The van der Waals surface area contributed by atoms with Crippen molar-refractivity contribution in [1.29, 1.82) is 0 Å². The zero-order valence-electron chi connectivity index (χ0n) is 11.0. The minimum Gasteiger partial charge on any atom is -0.378 e. The second-order valence-electron chi connectivity index (χ2n) is 5.49. The van der Waals surface area contributed by atoms with Crippen molar-refractivity contribution in [1.82, 2.24) is 4.98 Å². The molecule has 0 amide bonds. The van der Waals surface area contributed by atoms with Crippen LogP contribution >= 0.6 is 22.6 Å². The van der Waals surface area contributed by atoms with E-state index in [0.717, 1.165) is 6.42 Å². The maximum atomic E-state index is 4.14. The average Bonchev–Trinajstić information content (AvgIpc) is 2.97. The Labute approximate surface area is 132 Å². The first-order valence-electron chi connectivity index (χ1n) is 6.95. The van der Waals surface area contributed by atoms with Gasteiger partial charge < -0.3 is 5.32 Å². The topological polar surface area (TPSA) is 24.9 Å². The molecule has 2 nitrogen and oxygen atoms in total. The molecule has 1 aromatic carbocycles. The minimum atomic E-state index is 0.380. The van der Waals surface area contributed by atoms with E-state index in [1.54, 1.807) is 0 Å². The first-order chi connectivity index (χ1) is 9.83. The van der Waals surface area contributed by atoms with E-state index >= 15 is 0 Å². The summed E-state index contributed by atoms with van der Waals surface area (Å²) in [6, 6.07) is 11.3. The highest BCUT2D eigenvalue weighted by Crippen LogP contribution is 2.49. The molecular weight excluding hydrogens is 359 g/mol. The Balaban J connectivity index is 1.80. The van der Waals surface area contributed by atoms with Gasteiger partial charge in [0.2, 0.25) is 0 Å². The monoisotopic (exact) mass is 374 g/mol. The van der Waals surface area contributed by atoms with Crippen LogP contribution in [0, 0.1) is 9.49 Å². The maximum Gasteiger partial charge on any atom is 0.0555 e. The Hall–Kier alpha value is -1.36. The fourth-order valence-electron chi connectivity index (χ4n) is 3.47. The second kappa shape index (κ2) is 4.88. The Bertz CT molecular complexity index is 666. The van der Waals surface area contributed by atoms with Crippen molar-refractivity contribution >= 4 is 28.3 Å². The van der Waals surface area contributed by atoms with Crippen LogP contribution in [-0.4, -0.2) is 4.98 Å². The van der Waals surface area contributed by atoms with Crippen molar-refractivity contribution in [3.63, 3.8) is 0 Å².